The molecule has 1 aliphatic heterocycles. The average molecular weight is 216 g/mol. The number of nitrogens with one attached hydrogen (secondary N) is 2. The van der Waals surface area contributed by atoms with Crippen molar-refractivity contribution in [3.05, 3.63) is 35.4 Å². The predicted octanol–water partition coefficient (Wildman–Crippen LogP) is 1.59. The first-order valence-corrected chi connectivity index (χ1v) is 6.30. The lowest BCUT2D eigenvalue weighted by molar-refractivity contribution is 0.353. The third-order valence-electron chi connectivity index (χ3n) is 4.08. The van der Waals surface area contributed by atoms with E-state index < -0.39 is 0 Å². The standard InChI is InChI=1S/C14H20N2/c1-11-4-2-3-5-13(11)14(6-7-14)10-16-12-8-15-9-12/h2-5,12,15-16H,6-10H2,1H3. The highest BCUT2D eigenvalue weighted by molar-refractivity contribution is 5.38. The van der Waals surface area contributed by atoms with Gasteiger partial charge >= 0.3 is 0 Å². The molecule has 0 bridgehead atoms. The summed E-state index contributed by atoms with van der Waals surface area (Å²) in [7, 11) is 0. The van der Waals surface area contributed by atoms with Crippen LogP contribution in [0, 0.1) is 6.92 Å². The van der Waals surface area contributed by atoms with Gasteiger partial charge in [0.1, 0.15) is 0 Å². The first-order chi connectivity index (χ1) is 7.80. The van der Waals surface area contributed by atoms with Crippen molar-refractivity contribution in [2.24, 2.45) is 0 Å². The van der Waals surface area contributed by atoms with Gasteiger partial charge in [-0.2, -0.15) is 0 Å². The molecule has 2 fully saturated rings. The fourth-order valence-electron chi connectivity index (χ4n) is 2.63. The summed E-state index contributed by atoms with van der Waals surface area (Å²) in [6.45, 7) is 5.68. The summed E-state index contributed by atoms with van der Waals surface area (Å²) in [4.78, 5) is 0. The van der Waals surface area contributed by atoms with Crippen molar-refractivity contribution >= 4 is 0 Å². The van der Waals surface area contributed by atoms with Crippen LogP contribution < -0.4 is 10.6 Å². The monoisotopic (exact) mass is 216 g/mol. The molecule has 2 nitrogen and oxygen atoms in total. The maximum absolute atomic E-state index is 3.69. The number of hydrogen-bond acceptors (Lipinski definition) is 2. The Morgan fingerprint density at radius 3 is 2.62 bits per heavy atom. The summed E-state index contributed by atoms with van der Waals surface area (Å²) in [6.07, 6.45) is 2.70. The molecule has 2 heteroatoms. The minimum Gasteiger partial charge on any atom is -0.314 e. The summed E-state index contributed by atoms with van der Waals surface area (Å²) >= 11 is 0. The fourth-order valence-corrected chi connectivity index (χ4v) is 2.63. The highest BCUT2D eigenvalue weighted by Crippen LogP contribution is 2.48. The van der Waals surface area contributed by atoms with Crippen molar-refractivity contribution in [2.75, 3.05) is 19.6 Å². The van der Waals surface area contributed by atoms with Crippen LogP contribution in [0.5, 0.6) is 0 Å². The molecule has 2 N–H and O–H groups in total. The van der Waals surface area contributed by atoms with Gasteiger partial charge in [-0.25, -0.2) is 0 Å². The molecule has 0 spiro atoms. The smallest absolute Gasteiger partial charge is 0.0317 e. The molecule has 1 saturated heterocycles. The Kier molecular flexibility index (Phi) is 2.49. The number of benzene rings is 1. The molecular formula is C14H20N2. The van der Waals surface area contributed by atoms with E-state index in [1.807, 2.05) is 0 Å². The summed E-state index contributed by atoms with van der Waals surface area (Å²) in [5, 5.41) is 6.99. The molecule has 1 heterocycles. The van der Waals surface area contributed by atoms with Crippen LogP contribution in [0.1, 0.15) is 24.0 Å². The van der Waals surface area contributed by atoms with E-state index >= 15 is 0 Å². The van der Waals surface area contributed by atoms with Gasteiger partial charge in [0.05, 0.1) is 0 Å². The zero-order valence-electron chi connectivity index (χ0n) is 9.92. The van der Waals surface area contributed by atoms with Crippen molar-refractivity contribution < 1.29 is 0 Å². The highest BCUT2D eigenvalue weighted by atomic mass is 15.1. The molecule has 1 saturated carbocycles. The lowest BCUT2D eigenvalue weighted by atomic mass is 9.91. The summed E-state index contributed by atoms with van der Waals surface area (Å²) < 4.78 is 0. The van der Waals surface area contributed by atoms with Crippen LogP contribution in [-0.2, 0) is 5.41 Å². The molecule has 16 heavy (non-hydrogen) atoms. The Labute approximate surface area is 97.4 Å². The second kappa shape index (κ2) is 3.86. The molecule has 1 aromatic carbocycles. The van der Waals surface area contributed by atoms with E-state index in [4.69, 9.17) is 0 Å². The van der Waals surface area contributed by atoms with Crippen LogP contribution in [0.15, 0.2) is 24.3 Å². The molecular weight excluding hydrogens is 196 g/mol. The van der Waals surface area contributed by atoms with Gasteiger partial charge < -0.3 is 10.6 Å². The molecule has 0 unspecified atom stereocenters. The third-order valence-corrected chi connectivity index (χ3v) is 4.08. The normalized spacial score (nSPS) is 22.8. The minimum atomic E-state index is 0.459. The highest BCUT2D eigenvalue weighted by Gasteiger charge is 2.45. The zero-order valence-corrected chi connectivity index (χ0v) is 9.92. The van der Waals surface area contributed by atoms with E-state index in [0.29, 0.717) is 11.5 Å². The summed E-state index contributed by atoms with van der Waals surface area (Å²) in [5.41, 5.74) is 3.48. The van der Waals surface area contributed by atoms with Crippen LogP contribution in [0.4, 0.5) is 0 Å². The van der Waals surface area contributed by atoms with Crippen molar-refractivity contribution in [3.63, 3.8) is 0 Å². The predicted molar refractivity (Wildman–Crippen MR) is 66.8 cm³/mol. The topological polar surface area (TPSA) is 24.1 Å². The van der Waals surface area contributed by atoms with Crippen LogP contribution in [0.2, 0.25) is 0 Å². The van der Waals surface area contributed by atoms with E-state index in [1.165, 1.54) is 18.4 Å². The average Bonchev–Trinajstić information content (AvgIpc) is 2.97. The Balaban J connectivity index is 1.70. The van der Waals surface area contributed by atoms with Crippen LogP contribution in [0.25, 0.3) is 0 Å². The van der Waals surface area contributed by atoms with Crippen molar-refractivity contribution in [1.82, 2.24) is 10.6 Å². The third kappa shape index (κ3) is 1.76. The molecule has 0 atom stereocenters. The van der Waals surface area contributed by atoms with Gasteiger partial charge in [0.25, 0.3) is 0 Å². The molecule has 86 valence electrons. The van der Waals surface area contributed by atoms with Crippen molar-refractivity contribution in [1.29, 1.82) is 0 Å². The van der Waals surface area contributed by atoms with E-state index in [-0.39, 0.29) is 0 Å². The quantitative estimate of drug-likeness (QED) is 0.798. The number of aryl methyl sites for hydroxylation is 1. The van der Waals surface area contributed by atoms with Crippen LogP contribution >= 0.6 is 0 Å². The Morgan fingerprint density at radius 1 is 1.31 bits per heavy atom. The molecule has 3 rings (SSSR count). The first kappa shape index (κ1) is 10.3. The van der Waals surface area contributed by atoms with E-state index in [2.05, 4.69) is 41.8 Å². The summed E-state index contributed by atoms with van der Waals surface area (Å²) in [6, 6.07) is 9.57. The largest absolute Gasteiger partial charge is 0.314 e. The lowest BCUT2D eigenvalue weighted by Gasteiger charge is -2.30. The van der Waals surface area contributed by atoms with E-state index in [0.717, 1.165) is 19.6 Å². The number of rotatable bonds is 4. The van der Waals surface area contributed by atoms with Gasteiger partial charge in [-0.05, 0) is 30.9 Å². The summed E-state index contributed by atoms with van der Waals surface area (Å²) in [5.74, 6) is 0. The van der Waals surface area contributed by atoms with Gasteiger partial charge in [-0.3, -0.25) is 0 Å². The zero-order chi connectivity index (χ0) is 11.0. The molecule has 0 aromatic heterocycles. The van der Waals surface area contributed by atoms with Gasteiger partial charge in [0.15, 0.2) is 0 Å². The molecule has 0 radical (unpaired) electrons. The Bertz CT molecular complexity index is 378. The second-order valence-corrected chi connectivity index (χ2v) is 5.33. The van der Waals surface area contributed by atoms with E-state index in [1.54, 1.807) is 5.56 Å². The van der Waals surface area contributed by atoms with Gasteiger partial charge in [-0.1, -0.05) is 24.3 Å². The maximum atomic E-state index is 3.69. The van der Waals surface area contributed by atoms with Gasteiger partial charge in [0, 0.05) is 31.1 Å². The maximum Gasteiger partial charge on any atom is 0.0317 e. The molecule has 2 aliphatic rings. The van der Waals surface area contributed by atoms with Crippen molar-refractivity contribution in [3.8, 4) is 0 Å². The lowest BCUT2D eigenvalue weighted by Crippen LogP contribution is -2.56. The first-order valence-electron chi connectivity index (χ1n) is 6.30. The Morgan fingerprint density at radius 2 is 2.06 bits per heavy atom. The molecule has 1 aliphatic carbocycles. The van der Waals surface area contributed by atoms with Gasteiger partial charge in [-0.15, -0.1) is 0 Å². The van der Waals surface area contributed by atoms with Crippen molar-refractivity contribution in [2.45, 2.75) is 31.2 Å². The van der Waals surface area contributed by atoms with Crippen LogP contribution in [0.3, 0.4) is 0 Å². The van der Waals surface area contributed by atoms with Gasteiger partial charge in [0.2, 0.25) is 0 Å². The molecule has 0 amide bonds. The SMILES string of the molecule is Cc1ccccc1C1(CNC2CNC2)CC1. The second-order valence-electron chi connectivity index (χ2n) is 5.33. The molecule has 1 aromatic rings. The number of hydrogen-bond donors (Lipinski definition) is 2. The Hall–Kier alpha value is -0.860. The fraction of sp³-hybridized carbons (Fsp3) is 0.571. The minimum absolute atomic E-state index is 0.459. The van der Waals surface area contributed by atoms with E-state index in [9.17, 15) is 0 Å². The van der Waals surface area contributed by atoms with Crippen LogP contribution in [-0.4, -0.2) is 25.7 Å².